The van der Waals surface area contributed by atoms with Crippen molar-refractivity contribution in [3.63, 3.8) is 0 Å². The van der Waals surface area contributed by atoms with Gasteiger partial charge in [-0.05, 0) is 82.3 Å². The second-order valence-corrected chi connectivity index (χ2v) is 10.8. The summed E-state index contributed by atoms with van der Waals surface area (Å²) in [6.07, 6.45) is 0.929. The Kier molecular flexibility index (Phi) is 8.78. The molecule has 192 valence electrons. The third-order valence-corrected chi connectivity index (χ3v) is 6.29. The number of hydrogen-bond acceptors (Lipinski definition) is 3. The molecule has 0 saturated heterocycles. The predicted molar refractivity (Wildman–Crippen MR) is 142 cm³/mol. The van der Waals surface area contributed by atoms with E-state index in [-0.39, 0.29) is 23.6 Å². The summed E-state index contributed by atoms with van der Waals surface area (Å²) in [6.45, 7) is 10.9. The van der Waals surface area contributed by atoms with Gasteiger partial charge in [-0.15, -0.1) is 0 Å². The van der Waals surface area contributed by atoms with Gasteiger partial charge >= 0.3 is 5.97 Å². The first-order chi connectivity index (χ1) is 17.0. The van der Waals surface area contributed by atoms with Crippen LogP contribution in [0, 0.1) is 11.7 Å². The van der Waals surface area contributed by atoms with Gasteiger partial charge in [-0.2, -0.15) is 0 Å². The molecule has 0 aliphatic heterocycles. The quantitative estimate of drug-likeness (QED) is 0.312. The van der Waals surface area contributed by atoms with E-state index in [4.69, 9.17) is 9.47 Å². The van der Waals surface area contributed by atoms with Crippen LogP contribution < -0.4 is 9.47 Å². The topological polar surface area (TPSA) is 55.8 Å². The van der Waals surface area contributed by atoms with Crippen LogP contribution in [0.15, 0.2) is 60.7 Å². The molecular weight excluding hydrogens is 455 g/mol. The van der Waals surface area contributed by atoms with Crippen molar-refractivity contribution in [2.24, 2.45) is 5.92 Å². The highest BCUT2D eigenvalue weighted by Crippen LogP contribution is 2.37. The average molecular weight is 493 g/mol. The fraction of sp³-hybridized carbons (Fsp3) is 0.387. The molecule has 0 aromatic heterocycles. The van der Waals surface area contributed by atoms with Crippen LogP contribution in [0.25, 0.3) is 11.1 Å². The first-order valence-electron chi connectivity index (χ1n) is 12.4. The Morgan fingerprint density at radius 1 is 0.944 bits per heavy atom. The van der Waals surface area contributed by atoms with Crippen molar-refractivity contribution in [3.05, 3.63) is 83.2 Å². The molecule has 4 nitrogen and oxygen atoms in total. The molecule has 3 rings (SSSR count). The number of halogens is 1. The number of methoxy groups -OCH3 is 1. The van der Waals surface area contributed by atoms with Gasteiger partial charge in [0.05, 0.1) is 13.5 Å². The highest BCUT2D eigenvalue weighted by Gasteiger charge is 2.22. The SMILES string of the molecule is COc1ccc(F)c(-c2cc(COc3ccc(C(CC(=O)O)CC(C)C)cc3)ccc2C(C)(C)C)c1. The number of carboxylic acids is 1. The number of carbonyl (C=O) groups is 1. The number of carboxylic acid groups (broad SMARTS) is 1. The van der Waals surface area contributed by atoms with Gasteiger partial charge in [0.15, 0.2) is 0 Å². The molecule has 36 heavy (non-hydrogen) atoms. The first kappa shape index (κ1) is 27.3. The van der Waals surface area contributed by atoms with E-state index < -0.39 is 5.97 Å². The maximum atomic E-state index is 14.9. The molecule has 0 spiro atoms. The molecule has 0 amide bonds. The summed E-state index contributed by atoms with van der Waals surface area (Å²) < 4.78 is 26.3. The lowest BCUT2D eigenvalue weighted by Crippen LogP contribution is -2.13. The van der Waals surface area contributed by atoms with Crippen LogP contribution in [0.4, 0.5) is 4.39 Å². The van der Waals surface area contributed by atoms with Crippen LogP contribution in [0.1, 0.15) is 70.1 Å². The highest BCUT2D eigenvalue weighted by molar-refractivity contribution is 5.71. The summed E-state index contributed by atoms with van der Waals surface area (Å²) in [5.41, 5.74) is 4.11. The minimum Gasteiger partial charge on any atom is -0.497 e. The van der Waals surface area contributed by atoms with Crippen LogP contribution >= 0.6 is 0 Å². The molecule has 5 heteroatoms. The summed E-state index contributed by atoms with van der Waals surface area (Å²) in [4.78, 5) is 11.3. The lowest BCUT2D eigenvalue weighted by Gasteiger charge is -2.24. The molecular formula is C31H37FO4. The fourth-order valence-corrected chi connectivity index (χ4v) is 4.52. The van der Waals surface area contributed by atoms with Crippen LogP contribution in [0.2, 0.25) is 0 Å². The molecule has 0 aliphatic rings. The number of benzene rings is 3. The van der Waals surface area contributed by atoms with E-state index in [1.807, 2.05) is 42.5 Å². The second-order valence-electron chi connectivity index (χ2n) is 10.8. The Bertz CT molecular complexity index is 1180. The maximum absolute atomic E-state index is 14.9. The van der Waals surface area contributed by atoms with Crippen molar-refractivity contribution in [1.29, 1.82) is 0 Å². The number of hydrogen-bond donors (Lipinski definition) is 1. The lowest BCUT2D eigenvalue weighted by atomic mass is 9.81. The van der Waals surface area contributed by atoms with Gasteiger partial charge in [0.1, 0.15) is 23.9 Å². The smallest absolute Gasteiger partial charge is 0.303 e. The summed E-state index contributed by atoms with van der Waals surface area (Å²) in [5.74, 6) is 0.597. The summed E-state index contributed by atoms with van der Waals surface area (Å²) in [6, 6.07) is 18.5. The largest absolute Gasteiger partial charge is 0.497 e. The minimum absolute atomic E-state index is 0.0261. The molecule has 0 aliphatic carbocycles. The zero-order valence-corrected chi connectivity index (χ0v) is 22.1. The van der Waals surface area contributed by atoms with Crippen molar-refractivity contribution in [2.75, 3.05) is 7.11 Å². The maximum Gasteiger partial charge on any atom is 0.303 e. The molecule has 1 unspecified atom stereocenters. The zero-order chi connectivity index (χ0) is 26.5. The van der Waals surface area contributed by atoms with E-state index in [1.54, 1.807) is 19.2 Å². The standard InChI is InChI=1S/C31H37FO4/c1-20(2)15-23(17-30(33)34)22-8-10-24(11-9-22)36-19-21-7-13-28(31(3,4)5)26(16-21)27-18-25(35-6)12-14-29(27)32/h7-14,16,18,20,23H,15,17,19H2,1-6H3,(H,33,34). The van der Waals surface area contributed by atoms with Gasteiger partial charge in [0, 0.05) is 5.56 Å². The Hall–Kier alpha value is -3.34. The van der Waals surface area contributed by atoms with E-state index >= 15 is 0 Å². The molecule has 1 atom stereocenters. The zero-order valence-electron chi connectivity index (χ0n) is 22.1. The van der Waals surface area contributed by atoms with Crippen molar-refractivity contribution >= 4 is 5.97 Å². The Morgan fingerprint density at radius 2 is 1.61 bits per heavy atom. The summed E-state index contributed by atoms with van der Waals surface area (Å²) in [7, 11) is 1.57. The molecule has 0 radical (unpaired) electrons. The molecule has 1 N–H and O–H groups in total. The molecule has 0 bridgehead atoms. The van der Waals surface area contributed by atoms with Gasteiger partial charge in [-0.1, -0.05) is 58.9 Å². The third-order valence-electron chi connectivity index (χ3n) is 6.29. The van der Waals surface area contributed by atoms with Crippen molar-refractivity contribution < 1.29 is 23.8 Å². The summed E-state index contributed by atoms with van der Waals surface area (Å²) in [5, 5.41) is 9.29. The number of rotatable bonds is 10. The van der Waals surface area contributed by atoms with Gasteiger partial charge in [-0.25, -0.2) is 4.39 Å². The first-order valence-corrected chi connectivity index (χ1v) is 12.4. The Balaban J connectivity index is 1.84. The molecule has 0 fully saturated rings. The highest BCUT2D eigenvalue weighted by atomic mass is 19.1. The van der Waals surface area contributed by atoms with E-state index in [9.17, 15) is 14.3 Å². The Labute approximate surface area is 214 Å². The Morgan fingerprint density at radius 3 is 2.19 bits per heavy atom. The van der Waals surface area contributed by atoms with Gasteiger partial charge < -0.3 is 14.6 Å². The van der Waals surface area contributed by atoms with Crippen LogP contribution in [0.3, 0.4) is 0 Å². The van der Waals surface area contributed by atoms with Crippen molar-refractivity contribution in [2.45, 2.75) is 65.4 Å². The molecule has 0 saturated carbocycles. The van der Waals surface area contributed by atoms with Crippen molar-refractivity contribution in [1.82, 2.24) is 0 Å². The van der Waals surface area contributed by atoms with Gasteiger partial charge in [0.25, 0.3) is 0 Å². The third kappa shape index (κ3) is 7.09. The van der Waals surface area contributed by atoms with E-state index in [2.05, 4.69) is 34.6 Å². The van der Waals surface area contributed by atoms with Gasteiger partial charge in [0.2, 0.25) is 0 Å². The minimum atomic E-state index is -0.789. The van der Waals surface area contributed by atoms with Crippen LogP contribution in [-0.2, 0) is 16.8 Å². The fourth-order valence-electron chi connectivity index (χ4n) is 4.52. The number of aliphatic carboxylic acids is 1. The molecule has 0 heterocycles. The lowest BCUT2D eigenvalue weighted by molar-refractivity contribution is -0.137. The summed E-state index contributed by atoms with van der Waals surface area (Å²) >= 11 is 0. The monoisotopic (exact) mass is 492 g/mol. The van der Waals surface area contributed by atoms with Crippen LogP contribution in [-0.4, -0.2) is 18.2 Å². The van der Waals surface area contributed by atoms with E-state index in [0.29, 0.717) is 29.6 Å². The molecule has 3 aromatic carbocycles. The van der Waals surface area contributed by atoms with Crippen LogP contribution in [0.5, 0.6) is 11.5 Å². The predicted octanol–water partition coefficient (Wildman–Crippen LogP) is 7.98. The molecule has 3 aromatic rings. The van der Waals surface area contributed by atoms with E-state index in [0.717, 1.165) is 28.7 Å². The number of ether oxygens (including phenoxy) is 2. The van der Waals surface area contributed by atoms with Crippen molar-refractivity contribution in [3.8, 4) is 22.6 Å². The van der Waals surface area contributed by atoms with E-state index in [1.165, 1.54) is 6.07 Å². The second kappa shape index (κ2) is 11.6. The van der Waals surface area contributed by atoms with Gasteiger partial charge in [-0.3, -0.25) is 4.79 Å². The normalized spacial score (nSPS) is 12.4. The average Bonchev–Trinajstić information content (AvgIpc) is 2.81.